The monoisotopic (exact) mass is 300 g/mol. The van der Waals surface area contributed by atoms with E-state index in [0.717, 1.165) is 16.6 Å². The van der Waals surface area contributed by atoms with Gasteiger partial charge in [-0.2, -0.15) is 0 Å². The molecular weight excluding hydrogens is 280 g/mol. The molecule has 2 heterocycles. The van der Waals surface area contributed by atoms with Crippen molar-refractivity contribution in [3.8, 4) is 0 Å². The summed E-state index contributed by atoms with van der Waals surface area (Å²) in [4.78, 5) is 26.0. The average Bonchev–Trinajstić information content (AvgIpc) is 2.89. The van der Waals surface area contributed by atoms with Gasteiger partial charge in [0.05, 0.1) is 18.6 Å². The van der Waals surface area contributed by atoms with Crippen LogP contribution in [0.4, 0.5) is 4.79 Å². The quantitative estimate of drug-likeness (QED) is 0.876. The molecule has 1 amide bonds. The summed E-state index contributed by atoms with van der Waals surface area (Å²) in [5, 5.41) is 0.724. The second kappa shape index (κ2) is 5.48. The molecule has 1 fully saturated rings. The van der Waals surface area contributed by atoms with Crippen molar-refractivity contribution in [1.29, 1.82) is 0 Å². The number of carbonyl (C=O) groups excluding carboxylic acids is 1. The number of carbonyl (C=O) groups is 1. The Bertz CT molecular complexity index is 792. The SMILES string of the molecule is Cc1c(CN2CCOC2=O)n(C(C)C)c2ccccc2c1=O. The highest BCUT2D eigenvalue weighted by Crippen LogP contribution is 2.23. The molecule has 1 aromatic carbocycles. The van der Waals surface area contributed by atoms with Crippen LogP contribution in [-0.2, 0) is 11.3 Å². The Labute approximate surface area is 129 Å². The molecule has 0 radical (unpaired) electrons. The predicted octanol–water partition coefficient (Wildman–Crippen LogP) is 2.84. The molecule has 0 N–H and O–H groups in total. The molecule has 2 aromatic rings. The second-order valence-corrected chi connectivity index (χ2v) is 5.92. The lowest BCUT2D eigenvalue weighted by molar-refractivity contribution is 0.156. The van der Waals surface area contributed by atoms with Crippen LogP contribution in [0.5, 0.6) is 0 Å². The van der Waals surface area contributed by atoms with Gasteiger partial charge in [-0.1, -0.05) is 12.1 Å². The summed E-state index contributed by atoms with van der Waals surface area (Å²) < 4.78 is 7.15. The number of hydrogen-bond donors (Lipinski definition) is 0. The number of amides is 1. The molecule has 0 unspecified atom stereocenters. The van der Waals surface area contributed by atoms with Gasteiger partial charge in [0.25, 0.3) is 0 Å². The van der Waals surface area contributed by atoms with E-state index in [4.69, 9.17) is 4.74 Å². The molecule has 3 rings (SSSR count). The van der Waals surface area contributed by atoms with E-state index < -0.39 is 0 Å². The Hall–Kier alpha value is -2.30. The highest BCUT2D eigenvalue weighted by atomic mass is 16.6. The first-order valence-electron chi connectivity index (χ1n) is 7.55. The maximum absolute atomic E-state index is 12.6. The summed E-state index contributed by atoms with van der Waals surface area (Å²) in [5.41, 5.74) is 2.54. The van der Waals surface area contributed by atoms with Gasteiger partial charge in [-0.15, -0.1) is 0 Å². The third kappa shape index (κ3) is 2.26. The van der Waals surface area contributed by atoms with Crippen LogP contribution in [0.2, 0.25) is 0 Å². The maximum atomic E-state index is 12.6. The van der Waals surface area contributed by atoms with Crippen LogP contribution < -0.4 is 5.43 Å². The topological polar surface area (TPSA) is 51.5 Å². The zero-order valence-corrected chi connectivity index (χ0v) is 13.1. The van der Waals surface area contributed by atoms with E-state index >= 15 is 0 Å². The van der Waals surface area contributed by atoms with Crippen LogP contribution in [0, 0.1) is 6.92 Å². The third-order valence-corrected chi connectivity index (χ3v) is 4.17. The minimum Gasteiger partial charge on any atom is -0.448 e. The van der Waals surface area contributed by atoms with Gasteiger partial charge in [0.2, 0.25) is 0 Å². The van der Waals surface area contributed by atoms with Crippen molar-refractivity contribution in [2.24, 2.45) is 0 Å². The Morgan fingerprint density at radius 2 is 1.95 bits per heavy atom. The first kappa shape index (κ1) is 14.6. The number of cyclic esters (lactones) is 1. The van der Waals surface area contributed by atoms with Crippen molar-refractivity contribution in [2.45, 2.75) is 33.4 Å². The number of benzene rings is 1. The molecule has 0 bridgehead atoms. The second-order valence-electron chi connectivity index (χ2n) is 5.92. The Morgan fingerprint density at radius 3 is 2.59 bits per heavy atom. The van der Waals surface area contributed by atoms with Gasteiger partial charge >= 0.3 is 6.09 Å². The molecule has 116 valence electrons. The Kier molecular flexibility index (Phi) is 3.64. The molecule has 1 aromatic heterocycles. The molecule has 0 spiro atoms. The van der Waals surface area contributed by atoms with Crippen LogP contribution in [0.25, 0.3) is 10.9 Å². The number of para-hydroxylation sites is 1. The van der Waals surface area contributed by atoms with Gasteiger partial charge in [-0.05, 0) is 32.9 Å². The number of rotatable bonds is 3. The summed E-state index contributed by atoms with van der Waals surface area (Å²) >= 11 is 0. The van der Waals surface area contributed by atoms with Crippen LogP contribution in [0.15, 0.2) is 29.1 Å². The van der Waals surface area contributed by atoms with E-state index in [2.05, 4.69) is 18.4 Å². The van der Waals surface area contributed by atoms with Crippen molar-refractivity contribution >= 4 is 17.0 Å². The van der Waals surface area contributed by atoms with Crippen molar-refractivity contribution < 1.29 is 9.53 Å². The van der Waals surface area contributed by atoms with Crippen molar-refractivity contribution in [2.75, 3.05) is 13.2 Å². The fourth-order valence-corrected chi connectivity index (χ4v) is 3.07. The summed E-state index contributed by atoms with van der Waals surface area (Å²) in [6.45, 7) is 7.40. The predicted molar refractivity (Wildman–Crippen MR) is 85.1 cm³/mol. The van der Waals surface area contributed by atoms with Crippen LogP contribution in [0.3, 0.4) is 0 Å². The molecule has 1 saturated heterocycles. The minimum atomic E-state index is -0.310. The van der Waals surface area contributed by atoms with Gasteiger partial charge < -0.3 is 9.30 Å². The standard InChI is InChI=1S/C17H20N2O3/c1-11(2)19-14-7-5-4-6-13(14)16(20)12(3)15(19)10-18-8-9-22-17(18)21/h4-7,11H,8-10H2,1-3H3. The van der Waals surface area contributed by atoms with Crippen molar-refractivity contribution in [3.05, 3.63) is 45.7 Å². The summed E-state index contributed by atoms with van der Waals surface area (Å²) in [5.74, 6) is 0. The van der Waals surface area contributed by atoms with E-state index in [0.29, 0.717) is 25.3 Å². The number of fused-ring (bicyclic) bond motifs is 1. The summed E-state index contributed by atoms with van der Waals surface area (Å²) in [6, 6.07) is 7.83. The fraction of sp³-hybridized carbons (Fsp3) is 0.412. The summed E-state index contributed by atoms with van der Waals surface area (Å²) in [6.07, 6.45) is -0.310. The maximum Gasteiger partial charge on any atom is 0.410 e. The van der Waals surface area contributed by atoms with E-state index in [-0.39, 0.29) is 17.6 Å². The van der Waals surface area contributed by atoms with Crippen molar-refractivity contribution in [3.63, 3.8) is 0 Å². The molecule has 1 aliphatic heterocycles. The highest BCUT2D eigenvalue weighted by Gasteiger charge is 2.25. The number of pyridine rings is 1. The minimum absolute atomic E-state index is 0.0371. The van der Waals surface area contributed by atoms with Gasteiger partial charge in [0.1, 0.15) is 6.61 Å². The van der Waals surface area contributed by atoms with E-state index in [1.54, 1.807) is 4.90 Å². The fourth-order valence-electron chi connectivity index (χ4n) is 3.07. The molecule has 0 saturated carbocycles. The van der Waals surface area contributed by atoms with E-state index in [1.807, 2.05) is 31.2 Å². The summed E-state index contributed by atoms with van der Waals surface area (Å²) in [7, 11) is 0. The van der Waals surface area contributed by atoms with Crippen LogP contribution in [-0.4, -0.2) is 28.7 Å². The molecular formula is C17H20N2O3. The highest BCUT2D eigenvalue weighted by molar-refractivity contribution is 5.80. The molecule has 5 nitrogen and oxygen atoms in total. The number of ether oxygens (including phenoxy) is 1. The Balaban J connectivity index is 2.23. The lowest BCUT2D eigenvalue weighted by atomic mass is 10.1. The third-order valence-electron chi connectivity index (χ3n) is 4.17. The molecule has 0 atom stereocenters. The largest absolute Gasteiger partial charge is 0.448 e. The van der Waals surface area contributed by atoms with Gasteiger partial charge in [-0.25, -0.2) is 4.79 Å². The number of aromatic nitrogens is 1. The zero-order valence-electron chi connectivity index (χ0n) is 13.1. The van der Waals surface area contributed by atoms with E-state index in [1.165, 1.54) is 0 Å². The zero-order chi connectivity index (χ0) is 15.9. The van der Waals surface area contributed by atoms with Crippen molar-refractivity contribution in [1.82, 2.24) is 9.47 Å². The lowest BCUT2D eigenvalue weighted by Gasteiger charge is -2.24. The van der Waals surface area contributed by atoms with E-state index in [9.17, 15) is 9.59 Å². The first-order chi connectivity index (χ1) is 10.5. The Morgan fingerprint density at radius 1 is 1.23 bits per heavy atom. The molecule has 5 heteroatoms. The smallest absolute Gasteiger partial charge is 0.410 e. The van der Waals surface area contributed by atoms with Gasteiger partial charge in [0, 0.05) is 22.7 Å². The number of nitrogens with zero attached hydrogens (tertiary/aromatic N) is 2. The molecule has 1 aliphatic rings. The van der Waals surface area contributed by atoms with Gasteiger partial charge in [0.15, 0.2) is 5.43 Å². The molecule has 22 heavy (non-hydrogen) atoms. The van der Waals surface area contributed by atoms with Gasteiger partial charge in [-0.3, -0.25) is 9.69 Å². The molecule has 0 aliphatic carbocycles. The number of hydrogen-bond acceptors (Lipinski definition) is 3. The average molecular weight is 300 g/mol. The van der Waals surface area contributed by atoms with Crippen LogP contribution in [0.1, 0.15) is 31.1 Å². The van der Waals surface area contributed by atoms with Crippen LogP contribution >= 0.6 is 0 Å². The normalized spacial score (nSPS) is 14.9. The lowest BCUT2D eigenvalue weighted by Crippen LogP contribution is -2.29. The first-order valence-corrected chi connectivity index (χ1v) is 7.55.